The Morgan fingerprint density at radius 3 is 2.49 bits per heavy atom. The zero-order valence-electron chi connectivity index (χ0n) is 26.2. The van der Waals surface area contributed by atoms with Crippen molar-refractivity contribution in [3.8, 4) is 0 Å². The van der Waals surface area contributed by atoms with Crippen molar-refractivity contribution in [3.63, 3.8) is 0 Å². The van der Waals surface area contributed by atoms with Crippen molar-refractivity contribution in [2.75, 3.05) is 18.8 Å². The van der Waals surface area contributed by atoms with Crippen LogP contribution < -0.4 is 28.5 Å². The van der Waals surface area contributed by atoms with Crippen LogP contribution in [0.2, 0.25) is 0 Å². The molecule has 2 bridgehead atoms. The number of hydrogen-bond acceptors (Lipinski definition) is 6. The number of rotatable bonds is 7. The number of halogens is 1. The fourth-order valence-corrected chi connectivity index (χ4v) is 9.55. The van der Waals surface area contributed by atoms with Crippen molar-refractivity contribution >= 4 is 29.4 Å². The monoisotopic (exact) mass is 724 g/mol. The van der Waals surface area contributed by atoms with E-state index >= 15 is 0 Å². The molecule has 1 aromatic heterocycles. The number of ether oxygens (including phenoxy) is 1. The van der Waals surface area contributed by atoms with Crippen LogP contribution in [0.4, 0.5) is 0 Å². The first-order valence-electron chi connectivity index (χ1n) is 15.9. The summed E-state index contributed by atoms with van der Waals surface area (Å²) < 4.78 is 8.24. The third-order valence-electron chi connectivity index (χ3n) is 11.8. The van der Waals surface area contributed by atoms with Crippen molar-refractivity contribution in [1.29, 1.82) is 0 Å². The molecule has 1 saturated heterocycles. The Hall–Kier alpha value is -1.46. The summed E-state index contributed by atoms with van der Waals surface area (Å²) in [5, 5.41) is 11.7. The largest absolute Gasteiger partial charge is 1.00 e. The summed E-state index contributed by atoms with van der Waals surface area (Å²) in [6.07, 6.45) is 11.4. The molecule has 5 rings (SSSR count). The van der Waals surface area contributed by atoms with Crippen molar-refractivity contribution in [2.24, 2.45) is 34.0 Å². The zero-order chi connectivity index (χ0) is 30.3. The number of aliphatic hydroxyl groups is 1. The van der Waals surface area contributed by atoms with Crippen LogP contribution in [0.3, 0.4) is 0 Å². The summed E-state index contributed by atoms with van der Waals surface area (Å²) in [5.74, 6) is 0.164. The minimum atomic E-state index is -0.672. The topological polar surface area (TPSA) is 87.8 Å². The number of piperidine rings is 1. The van der Waals surface area contributed by atoms with Gasteiger partial charge in [-0.3, -0.25) is 14.4 Å². The van der Waals surface area contributed by atoms with Crippen molar-refractivity contribution in [2.45, 2.75) is 103 Å². The van der Waals surface area contributed by atoms with Gasteiger partial charge in [0.15, 0.2) is 12.4 Å². The number of pyridine rings is 1. The number of aromatic nitrogens is 1. The molecule has 4 fully saturated rings. The van der Waals surface area contributed by atoms with Crippen molar-refractivity contribution < 1.29 is 52.8 Å². The van der Waals surface area contributed by atoms with Crippen LogP contribution in [-0.2, 0) is 25.7 Å². The van der Waals surface area contributed by atoms with E-state index in [0.717, 1.165) is 50.1 Å². The zero-order valence-corrected chi connectivity index (χ0v) is 29.2. The minimum Gasteiger partial charge on any atom is -1.00 e. The quantitative estimate of drug-likeness (QED) is 0.152. The molecule has 238 valence electrons. The molecular weight excluding hydrogens is 675 g/mol. The van der Waals surface area contributed by atoms with E-state index in [1.807, 2.05) is 47.0 Å². The molecule has 3 saturated carbocycles. The molecule has 43 heavy (non-hydrogen) atoms. The summed E-state index contributed by atoms with van der Waals surface area (Å²) in [7, 11) is 0. The molecule has 7 nitrogen and oxygen atoms in total. The van der Waals surface area contributed by atoms with E-state index < -0.39 is 23.0 Å². The first kappa shape index (κ1) is 34.4. The van der Waals surface area contributed by atoms with Crippen molar-refractivity contribution in [3.05, 3.63) is 37.2 Å². The highest BCUT2D eigenvalue weighted by molar-refractivity contribution is 8.00. The Bertz CT molecular complexity index is 1210. The number of thioether (sulfide) groups is 1. The molecule has 3 aliphatic carbocycles. The Kier molecular flexibility index (Phi) is 10.8. The summed E-state index contributed by atoms with van der Waals surface area (Å²) in [6.45, 7) is 14.6. The predicted molar refractivity (Wildman–Crippen MR) is 162 cm³/mol. The van der Waals surface area contributed by atoms with Crippen molar-refractivity contribution in [1.82, 2.24) is 4.90 Å². The molecule has 1 aliphatic heterocycles. The Labute approximate surface area is 278 Å². The standard InChI is InChI=1S/C34H49N2O5S.HI/c1-6-32(4)20-27(33(5)23(2)10-14-34(24(3)31(32)40)15-11-26(37)30(33)34)41-29(39)22-42-25-12-18-35(19-13-25)21-28(38)36-16-8-7-9-17-36;/h6,12-13,18-19,23-24,27,30-31,40H,1,7-11,14-17,20-22H2,2-5H3;1H/q+1;/p-1/t23-,24+,27-,30+,31+,32-,33+,34+;/m1./s1. The molecule has 0 unspecified atom stereocenters. The summed E-state index contributed by atoms with van der Waals surface area (Å²) in [5.41, 5.74) is -1.43. The summed E-state index contributed by atoms with van der Waals surface area (Å²) >= 11 is 1.41. The van der Waals surface area contributed by atoms with Gasteiger partial charge in [0.05, 0.1) is 11.9 Å². The number of amides is 1. The second-order valence-electron chi connectivity index (χ2n) is 14.0. The van der Waals surface area contributed by atoms with Gasteiger partial charge >= 0.3 is 5.97 Å². The second kappa shape index (κ2) is 13.5. The minimum absolute atomic E-state index is 0. The third kappa shape index (κ3) is 6.33. The van der Waals surface area contributed by atoms with Crippen LogP contribution in [0.1, 0.15) is 79.1 Å². The molecule has 1 aromatic rings. The molecule has 0 aromatic carbocycles. The van der Waals surface area contributed by atoms with Crippen LogP contribution in [0.15, 0.2) is 42.1 Å². The molecule has 9 heteroatoms. The van der Waals surface area contributed by atoms with E-state index in [2.05, 4.69) is 27.4 Å². The molecule has 1 N–H and O–H groups in total. The van der Waals surface area contributed by atoms with E-state index in [9.17, 15) is 19.5 Å². The number of carbonyl (C=O) groups excluding carboxylic acids is 3. The van der Waals surface area contributed by atoms with Crippen LogP contribution in [0.25, 0.3) is 0 Å². The van der Waals surface area contributed by atoms with E-state index in [1.54, 1.807) is 0 Å². The maximum Gasteiger partial charge on any atom is 0.316 e. The molecule has 4 aliphatic rings. The third-order valence-corrected chi connectivity index (χ3v) is 12.8. The number of Topliss-reactive ketones (excluding diaryl/α,β-unsaturated/α-hetero) is 1. The van der Waals surface area contributed by atoms with E-state index in [-0.39, 0.29) is 70.6 Å². The number of likely N-dealkylation sites (tertiary alicyclic amines) is 1. The highest BCUT2D eigenvalue weighted by Gasteiger charge is 2.68. The fraction of sp³-hybridized carbons (Fsp3) is 0.706. The second-order valence-corrected chi connectivity index (χ2v) is 15.0. The van der Waals surface area contributed by atoms with Gasteiger partial charge in [0.2, 0.25) is 6.54 Å². The SMILES string of the molecule is C=C[C@]1(C)C[C@@H](OC(=O)CSc2cc[n+](CC(=O)N3CCCCC3)cc2)[C@]2(C)[C@H](C)CC[C@]3(CCC(=O)[C@H]32)[C@@H](C)[C@@H]1O.[I-]. The van der Waals surface area contributed by atoms with Crippen LogP contribution >= 0.6 is 11.8 Å². The smallest absolute Gasteiger partial charge is 0.316 e. The Morgan fingerprint density at radius 1 is 1.16 bits per heavy atom. The lowest BCUT2D eigenvalue weighted by Crippen LogP contribution is -3.00. The Morgan fingerprint density at radius 2 is 1.84 bits per heavy atom. The highest BCUT2D eigenvalue weighted by Crippen LogP contribution is 2.68. The molecular formula is C34H49IN2O5S. The molecule has 1 amide bonds. The lowest BCUT2D eigenvalue weighted by Gasteiger charge is -2.61. The first-order valence-corrected chi connectivity index (χ1v) is 16.9. The van der Waals surface area contributed by atoms with E-state index in [4.69, 9.17) is 4.74 Å². The van der Waals surface area contributed by atoms with Gasteiger partial charge in [-0.1, -0.05) is 33.8 Å². The maximum absolute atomic E-state index is 13.6. The van der Waals surface area contributed by atoms with Crippen LogP contribution in [-0.4, -0.2) is 58.7 Å². The average Bonchev–Trinajstić information content (AvgIpc) is 3.35. The maximum atomic E-state index is 13.6. The summed E-state index contributed by atoms with van der Waals surface area (Å²) in [4.78, 5) is 42.5. The van der Waals surface area contributed by atoms with Gasteiger partial charge in [0.25, 0.3) is 5.91 Å². The van der Waals surface area contributed by atoms with E-state index in [1.165, 1.54) is 18.2 Å². The van der Waals surface area contributed by atoms with Gasteiger partial charge in [0, 0.05) is 53.3 Å². The fourth-order valence-electron chi connectivity index (χ4n) is 8.88. The summed E-state index contributed by atoms with van der Waals surface area (Å²) in [6, 6.07) is 3.86. The average molecular weight is 725 g/mol. The van der Waals surface area contributed by atoms with E-state index in [0.29, 0.717) is 19.4 Å². The lowest BCUT2D eigenvalue weighted by atomic mass is 9.44. The molecule has 8 atom stereocenters. The van der Waals surface area contributed by atoms with Gasteiger partial charge in [-0.25, -0.2) is 0 Å². The molecule has 2 heterocycles. The Balaban J connectivity index is 0.00000423. The number of nitrogens with zero attached hydrogens (tertiary/aromatic N) is 2. The number of aliphatic hydroxyl groups excluding tert-OH is 1. The van der Waals surface area contributed by atoms with Gasteiger partial charge in [-0.2, -0.15) is 4.57 Å². The number of esters is 1. The van der Waals surface area contributed by atoms with Gasteiger partial charge in [0.1, 0.15) is 11.9 Å². The molecule has 0 spiro atoms. The molecule has 0 radical (unpaired) electrons. The van der Waals surface area contributed by atoms with Gasteiger partial charge < -0.3 is 38.7 Å². The van der Waals surface area contributed by atoms with Crippen LogP contribution in [0.5, 0.6) is 0 Å². The number of carbonyl (C=O) groups is 3. The van der Waals surface area contributed by atoms with Gasteiger partial charge in [-0.15, -0.1) is 18.3 Å². The lowest BCUT2D eigenvalue weighted by molar-refractivity contribution is -0.685. The first-order chi connectivity index (χ1) is 19.9. The normalized spacial score (nSPS) is 37.4. The predicted octanol–water partition coefficient (Wildman–Crippen LogP) is 1.99. The number of ketones is 1. The highest BCUT2D eigenvalue weighted by atomic mass is 127. The number of hydrogen-bond donors (Lipinski definition) is 1. The van der Waals surface area contributed by atoms with Gasteiger partial charge in [-0.05, 0) is 62.2 Å². The van der Waals surface area contributed by atoms with Crippen LogP contribution in [0, 0.1) is 34.0 Å².